The molecule has 2 aromatic rings. The molecule has 1 heterocycles. The first-order valence-corrected chi connectivity index (χ1v) is 7.21. The maximum absolute atomic E-state index is 12.5. The average molecular weight is 295 g/mol. The van der Waals surface area contributed by atoms with Crippen LogP contribution >= 0.6 is 22.9 Å². The van der Waals surface area contributed by atoms with E-state index in [0.29, 0.717) is 22.1 Å². The fraction of sp³-hybridized carbons (Fsp3) is 0.214. The Kier molecular flexibility index (Phi) is 4.12. The van der Waals surface area contributed by atoms with Gasteiger partial charge in [0.1, 0.15) is 4.88 Å². The zero-order chi connectivity index (χ0) is 14.0. The number of carbonyl (C=O) groups is 1. The molecule has 0 unspecified atom stereocenters. The van der Waals surface area contributed by atoms with E-state index in [1.807, 2.05) is 31.4 Å². The number of anilines is 2. The Morgan fingerprint density at radius 1 is 1.47 bits per heavy atom. The van der Waals surface area contributed by atoms with Crippen LogP contribution in [-0.4, -0.2) is 12.5 Å². The van der Waals surface area contributed by atoms with Crippen molar-refractivity contribution in [3.8, 4) is 0 Å². The summed E-state index contributed by atoms with van der Waals surface area (Å²) in [6.45, 7) is 4.39. The number of aryl methyl sites for hydroxylation is 1. The number of nitrogens with two attached hydrogens (primary N) is 1. The molecule has 0 saturated carbocycles. The van der Waals surface area contributed by atoms with E-state index in [9.17, 15) is 4.79 Å². The van der Waals surface area contributed by atoms with Gasteiger partial charge in [0.05, 0.1) is 5.02 Å². The Hall–Kier alpha value is -1.52. The van der Waals surface area contributed by atoms with Crippen molar-refractivity contribution in [1.82, 2.24) is 0 Å². The number of halogens is 1. The van der Waals surface area contributed by atoms with Crippen LogP contribution in [-0.2, 0) is 0 Å². The van der Waals surface area contributed by atoms with E-state index in [-0.39, 0.29) is 5.91 Å². The highest BCUT2D eigenvalue weighted by Crippen LogP contribution is 2.30. The predicted molar refractivity (Wildman–Crippen MR) is 82.3 cm³/mol. The molecule has 0 saturated heterocycles. The van der Waals surface area contributed by atoms with Gasteiger partial charge >= 0.3 is 0 Å². The van der Waals surface area contributed by atoms with E-state index in [1.165, 1.54) is 11.3 Å². The molecule has 0 spiro atoms. The van der Waals surface area contributed by atoms with E-state index in [0.717, 1.165) is 11.3 Å². The zero-order valence-electron chi connectivity index (χ0n) is 10.8. The second-order valence-electron chi connectivity index (χ2n) is 4.21. The lowest BCUT2D eigenvalue weighted by Crippen LogP contribution is -2.30. The number of carbonyl (C=O) groups excluding carboxylic acids is 1. The Balaban J connectivity index is 2.37. The summed E-state index contributed by atoms with van der Waals surface area (Å²) in [5, 5.41) is 2.43. The van der Waals surface area contributed by atoms with Gasteiger partial charge in [-0.2, -0.15) is 0 Å². The summed E-state index contributed by atoms with van der Waals surface area (Å²) in [6, 6.07) is 7.29. The highest BCUT2D eigenvalue weighted by molar-refractivity contribution is 7.13. The lowest BCUT2D eigenvalue weighted by atomic mass is 10.2. The van der Waals surface area contributed by atoms with Gasteiger partial charge in [-0.1, -0.05) is 17.7 Å². The van der Waals surface area contributed by atoms with Crippen LogP contribution in [0.5, 0.6) is 0 Å². The Morgan fingerprint density at radius 2 is 2.21 bits per heavy atom. The van der Waals surface area contributed by atoms with Gasteiger partial charge < -0.3 is 10.6 Å². The number of nitrogen functional groups attached to an aromatic ring is 1. The molecule has 100 valence electrons. The highest BCUT2D eigenvalue weighted by atomic mass is 35.5. The maximum atomic E-state index is 12.5. The number of nitrogens with zero attached hydrogens (tertiary/aromatic N) is 1. The third kappa shape index (κ3) is 2.74. The molecule has 2 N–H and O–H groups in total. The third-order valence-corrected chi connectivity index (χ3v) is 4.52. The molecule has 0 aliphatic rings. The van der Waals surface area contributed by atoms with Crippen molar-refractivity contribution < 1.29 is 4.79 Å². The summed E-state index contributed by atoms with van der Waals surface area (Å²) >= 11 is 7.53. The van der Waals surface area contributed by atoms with E-state index >= 15 is 0 Å². The number of amides is 1. The van der Waals surface area contributed by atoms with Crippen molar-refractivity contribution >= 4 is 40.2 Å². The SMILES string of the molecule is CCN(C(=O)c1scc(C)c1Cl)c1cccc(N)c1. The first-order chi connectivity index (χ1) is 9.04. The van der Waals surface area contributed by atoms with Gasteiger partial charge in [-0.15, -0.1) is 11.3 Å². The van der Waals surface area contributed by atoms with Crippen LogP contribution in [0.25, 0.3) is 0 Å². The summed E-state index contributed by atoms with van der Waals surface area (Å²) in [4.78, 5) is 14.8. The maximum Gasteiger partial charge on any atom is 0.269 e. The van der Waals surface area contributed by atoms with Crippen molar-refractivity contribution in [2.45, 2.75) is 13.8 Å². The molecule has 19 heavy (non-hydrogen) atoms. The summed E-state index contributed by atoms with van der Waals surface area (Å²) in [5.41, 5.74) is 8.11. The second kappa shape index (κ2) is 5.63. The minimum atomic E-state index is -0.0869. The first kappa shape index (κ1) is 13.9. The summed E-state index contributed by atoms with van der Waals surface area (Å²) < 4.78 is 0. The van der Waals surface area contributed by atoms with E-state index < -0.39 is 0 Å². The summed E-state index contributed by atoms with van der Waals surface area (Å²) in [6.07, 6.45) is 0. The molecule has 1 amide bonds. The average Bonchev–Trinajstić information content (AvgIpc) is 2.71. The molecule has 1 aromatic heterocycles. The second-order valence-corrected chi connectivity index (χ2v) is 5.46. The largest absolute Gasteiger partial charge is 0.399 e. The molecule has 0 bridgehead atoms. The molecule has 0 radical (unpaired) electrons. The van der Waals surface area contributed by atoms with Crippen molar-refractivity contribution in [3.05, 3.63) is 45.1 Å². The molecule has 0 fully saturated rings. The van der Waals surface area contributed by atoms with Gasteiger partial charge in [-0.25, -0.2) is 0 Å². The van der Waals surface area contributed by atoms with Crippen molar-refractivity contribution in [2.75, 3.05) is 17.2 Å². The molecular weight excluding hydrogens is 280 g/mol. The van der Waals surface area contributed by atoms with Crippen LogP contribution in [0.1, 0.15) is 22.2 Å². The molecule has 0 atom stereocenters. The summed E-state index contributed by atoms with van der Waals surface area (Å²) in [7, 11) is 0. The van der Waals surface area contributed by atoms with E-state index in [2.05, 4.69) is 0 Å². The van der Waals surface area contributed by atoms with Crippen LogP contribution in [0.3, 0.4) is 0 Å². The van der Waals surface area contributed by atoms with Gasteiger partial charge in [-0.3, -0.25) is 4.79 Å². The van der Waals surface area contributed by atoms with Crippen LogP contribution in [0.4, 0.5) is 11.4 Å². The van der Waals surface area contributed by atoms with Crippen LogP contribution in [0.15, 0.2) is 29.6 Å². The van der Waals surface area contributed by atoms with Crippen LogP contribution in [0.2, 0.25) is 5.02 Å². The quantitative estimate of drug-likeness (QED) is 0.871. The molecule has 3 nitrogen and oxygen atoms in total. The number of thiophene rings is 1. The lowest BCUT2D eigenvalue weighted by Gasteiger charge is -2.21. The van der Waals surface area contributed by atoms with Crippen molar-refractivity contribution in [3.63, 3.8) is 0 Å². The Labute approximate surface area is 121 Å². The molecule has 1 aromatic carbocycles. The van der Waals surface area contributed by atoms with Gasteiger partial charge in [0.2, 0.25) is 0 Å². The lowest BCUT2D eigenvalue weighted by molar-refractivity contribution is 0.0992. The number of rotatable bonds is 3. The smallest absolute Gasteiger partial charge is 0.269 e. The molecule has 5 heteroatoms. The number of hydrogen-bond acceptors (Lipinski definition) is 3. The normalized spacial score (nSPS) is 10.5. The minimum absolute atomic E-state index is 0.0869. The van der Waals surface area contributed by atoms with E-state index in [1.54, 1.807) is 17.0 Å². The Bertz CT molecular complexity index is 609. The highest BCUT2D eigenvalue weighted by Gasteiger charge is 2.21. The topological polar surface area (TPSA) is 46.3 Å². The zero-order valence-corrected chi connectivity index (χ0v) is 12.4. The molecule has 0 aliphatic heterocycles. The number of hydrogen-bond donors (Lipinski definition) is 1. The molecule has 0 aliphatic carbocycles. The summed E-state index contributed by atoms with van der Waals surface area (Å²) in [5.74, 6) is -0.0869. The predicted octanol–water partition coefficient (Wildman–Crippen LogP) is 3.96. The first-order valence-electron chi connectivity index (χ1n) is 5.95. The number of benzene rings is 1. The van der Waals surface area contributed by atoms with Crippen molar-refractivity contribution in [1.29, 1.82) is 0 Å². The molecular formula is C14H15ClN2OS. The van der Waals surface area contributed by atoms with E-state index in [4.69, 9.17) is 17.3 Å². The fourth-order valence-electron chi connectivity index (χ4n) is 1.83. The standard InChI is InChI=1S/C14H15ClN2OS/c1-3-17(11-6-4-5-10(16)7-11)14(18)13-12(15)9(2)8-19-13/h4-8H,3,16H2,1-2H3. The fourth-order valence-corrected chi connectivity index (χ4v) is 3.05. The van der Waals surface area contributed by atoms with Crippen LogP contribution < -0.4 is 10.6 Å². The monoisotopic (exact) mass is 294 g/mol. The van der Waals surface area contributed by atoms with Gasteiger partial charge in [0.25, 0.3) is 5.91 Å². The minimum Gasteiger partial charge on any atom is -0.399 e. The van der Waals surface area contributed by atoms with Crippen LogP contribution in [0, 0.1) is 6.92 Å². The third-order valence-electron chi connectivity index (χ3n) is 2.84. The Morgan fingerprint density at radius 3 is 2.74 bits per heavy atom. The van der Waals surface area contributed by atoms with Gasteiger partial charge in [0.15, 0.2) is 0 Å². The van der Waals surface area contributed by atoms with Crippen molar-refractivity contribution in [2.24, 2.45) is 0 Å². The van der Waals surface area contributed by atoms with Gasteiger partial charge in [0, 0.05) is 17.9 Å². The molecule has 2 rings (SSSR count). The van der Waals surface area contributed by atoms with Gasteiger partial charge in [-0.05, 0) is 43.0 Å².